The molecule has 0 aliphatic heterocycles. The van der Waals surface area contributed by atoms with Gasteiger partial charge in [-0.05, 0) is 54.4 Å². The molecule has 28 heavy (non-hydrogen) atoms. The van der Waals surface area contributed by atoms with Gasteiger partial charge in [-0.25, -0.2) is 4.79 Å². The van der Waals surface area contributed by atoms with Crippen molar-refractivity contribution in [3.8, 4) is 40.2 Å². The molecule has 0 atom stereocenters. The van der Waals surface area contributed by atoms with Crippen molar-refractivity contribution in [2.24, 2.45) is 0 Å². The summed E-state index contributed by atoms with van der Waals surface area (Å²) in [4.78, 5) is 11.9. The molecule has 0 heterocycles. The third kappa shape index (κ3) is 4.72. The Morgan fingerprint density at radius 3 is 2.07 bits per heavy atom. The van der Waals surface area contributed by atoms with Gasteiger partial charge >= 0.3 is 5.97 Å². The summed E-state index contributed by atoms with van der Waals surface area (Å²) < 4.78 is 15.9. The molecule has 3 aromatic carbocycles. The van der Waals surface area contributed by atoms with Crippen LogP contribution in [0.3, 0.4) is 0 Å². The molecule has 0 bridgehead atoms. The van der Waals surface area contributed by atoms with Crippen molar-refractivity contribution in [1.82, 2.24) is 0 Å². The molecule has 0 saturated carbocycles. The molecular formula is C24H20O4. The van der Waals surface area contributed by atoms with E-state index in [9.17, 15) is 4.79 Å². The Morgan fingerprint density at radius 1 is 0.786 bits per heavy atom. The molecule has 0 aliphatic rings. The standard InChI is InChI=1S/C24H20O4/c1-17-4-6-18(7-5-17)8-15-24(25)28-21-12-9-19(10-13-21)20-11-14-22(26-2)23(16-20)27-3/h4-7,9-14,16H,1-3H3. The van der Waals surface area contributed by atoms with E-state index < -0.39 is 5.97 Å². The van der Waals surface area contributed by atoms with Crippen LogP contribution in [0, 0.1) is 18.8 Å². The van der Waals surface area contributed by atoms with Crippen molar-refractivity contribution < 1.29 is 19.0 Å². The number of rotatable bonds is 4. The fourth-order valence-electron chi connectivity index (χ4n) is 2.62. The molecule has 4 heteroatoms. The second-order valence-electron chi connectivity index (χ2n) is 6.10. The van der Waals surface area contributed by atoms with Gasteiger partial charge in [-0.1, -0.05) is 41.8 Å². The normalized spacial score (nSPS) is 9.82. The van der Waals surface area contributed by atoms with Crippen LogP contribution in [0.5, 0.6) is 17.2 Å². The molecule has 0 N–H and O–H groups in total. The van der Waals surface area contributed by atoms with Crippen LogP contribution >= 0.6 is 0 Å². The van der Waals surface area contributed by atoms with Gasteiger partial charge in [0.25, 0.3) is 0 Å². The minimum absolute atomic E-state index is 0.437. The van der Waals surface area contributed by atoms with Crippen LogP contribution < -0.4 is 14.2 Å². The molecule has 3 aromatic rings. The number of carbonyl (C=O) groups excluding carboxylic acids is 1. The van der Waals surface area contributed by atoms with E-state index in [-0.39, 0.29) is 0 Å². The maximum atomic E-state index is 11.9. The zero-order valence-corrected chi connectivity index (χ0v) is 16.0. The third-order valence-corrected chi connectivity index (χ3v) is 4.14. The summed E-state index contributed by atoms with van der Waals surface area (Å²) >= 11 is 0. The maximum Gasteiger partial charge on any atom is 0.390 e. The lowest BCUT2D eigenvalue weighted by atomic mass is 10.1. The molecule has 0 radical (unpaired) electrons. The molecule has 0 saturated heterocycles. The van der Waals surface area contributed by atoms with Gasteiger partial charge in [-0.2, -0.15) is 0 Å². The SMILES string of the molecule is COc1ccc(-c2ccc(OC(=O)C#Cc3ccc(C)cc3)cc2)cc1OC. The van der Waals surface area contributed by atoms with Gasteiger partial charge in [0.1, 0.15) is 5.75 Å². The predicted octanol–water partition coefficient (Wildman–Crippen LogP) is 4.64. The quantitative estimate of drug-likeness (QED) is 0.380. The van der Waals surface area contributed by atoms with Crippen molar-refractivity contribution in [3.63, 3.8) is 0 Å². The summed E-state index contributed by atoms with van der Waals surface area (Å²) in [7, 11) is 3.20. The van der Waals surface area contributed by atoms with Crippen LogP contribution in [0.1, 0.15) is 11.1 Å². The predicted molar refractivity (Wildman–Crippen MR) is 109 cm³/mol. The monoisotopic (exact) mass is 372 g/mol. The topological polar surface area (TPSA) is 44.8 Å². The Balaban J connectivity index is 1.69. The summed E-state index contributed by atoms with van der Waals surface area (Å²) in [5.74, 6) is 6.47. The molecule has 4 nitrogen and oxygen atoms in total. The van der Waals surface area contributed by atoms with E-state index in [4.69, 9.17) is 14.2 Å². The van der Waals surface area contributed by atoms with Gasteiger partial charge in [-0.15, -0.1) is 0 Å². The average Bonchev–Trinajstić information content (AvgIpc) is 2.73. The number of hydrogen-bond acceptors (Lipinski definition) is 4. The highest BCUT2D eigenvalue weighted by molar-refractivity contribution is 5.90. The lowest BCUT2D eigenvalue weighted by molar-refractivity contribution is -0.128. The van der Waals surface area contributed by atoms with Gasteiger partial charge in [0.05, 0.1) is 14.2 Å². The highest BCUT2D eigenvalue weighted by Crippen LogP contribution is 2.32. The summed E-state index contributed by atoms with van der Waals surface area (Å²) in [5, 5.41) is 0. The van der Waals surface area contributed by atoms with Crippen LogP contribution in [0.15, 0.2) is 66.7 Å². The summed E-state index contributed by atoms with van der Waals surface area (Å²) in [6.07, 6.45) is 0. The fourth-order valence-corrected chi connectivity index (χ4v) is 2.62. The molecule has 0 spiro atoms. The summed E-state index contributed by atoms with van der Waals surface area (Å²) in [6, 6.07) is 20.5. The summed E-state index contributed by atoms with van der Waals surface area (Å²) in [6.45, 7) is 2.00. The smallest absolute Gasteiger partial charge is 0.390 e. The third-order valence-electron chi connectivity index (χ3n) is 4.14. The van der Waals surface area contributed by atoms with Gasteiger partial charge in [0.15, 0.2) is 11.5 Å². The minimum Gasteiger partial charge on any atom is -0.493 e. The van der Waals surface area contributed by atoms with E-state index in [0.29, 0.717) is 17.2 Å². The number of benzene rings is 3. The first-order valence-electron chi connectivity index (χ1n) is 8.72. The summed E-state index contributed by atoms with van der Waals surface area (Å²) in [5.41, 5.74) is 3.84. The van der Waals surface area contributed by atoms with Gasteiger partial charge < -0.3 is 14.2 Å². The van der Waals surface area contributed by atoms with E-state index in [1.54, 1.807) is 26.4 Å². The molecule has 0 aliphatic carbocycles. The van der Waals surface area contributed by atoms with Gasteiger partial charge in [0, 0.05) is 11.5 Å². The minimum atomic E-state index is -0.598. The zero-order valence-electron chi connectivity index (χ0n) is 16.0. The second kappa shape index (κ2) is 8.79. The van der Waals surface area contributed by atoms with Crippen LogP contribution in [0.4, 0.5) is 0 Å². The Bertz CT molecular complexity index is 1020. The maximum absolute atomic E-state index is 11.9. The Hall–Kier alpha value is -3.71. The van der Waals surface area contributed by atoms with Crippen molar-refractivity contribution in [1.29, 1.82) is 0 Å². The van der Waals surface area contributed by atoms with Crippen molar-refractivity contribution in [3.05, 3.63) is 77.9 Å². The van der Waals surface area contributed by atoms with Crippen LogP contribution in [-0.4, -0.2) is 20.2 Å². The lowest BCUT2D eigenvalue weighted by Gasteiger charge is -2.10. The number of aryl methyl sites for hydroxylation is 1. The van der Waals surface area contributed by atoms with Crippen molar-refractivity contribution in [2.75, 3.05) is 14.2 Å². The Morgan fingerprint density at radius 2 is 1.43 bits per heavy atom. The molecule has 0 fully saturated rings. The highest BCUT2D eigenvalue weighted by atomic mass is 16.5. The first kappa shape index (κ1) is 19.1. The van der Waals surface area contributed by atoms with E-state index >= 15 is 0 Å². The molecule has 0 unspecified atom stereocenters. The van der Waals surface area contributed by atoms with Crippen LogP contribution in [0.2, 0.25) is 0 Å². The number of hydrogen-bond donors (Lipinski definition) is 0. The number of ether oxygens (including phenoxy) is 3. The molecule has 140 valence electrons. The van der Waals surface area contributed by atoms with E-state index in [1.165, 1.54) is 0 Å². The molecule has 0 amide bonds. The number of esters is 1. The van der Waals surface area contributed by atoms with Crippen molar-refractivity contribution >= 4 is 5.97 Å². The van der Waals surface area contributed by atoms with E-state index in [0.717, 1.165) is 22.3 Å². The molecular weight excluding hydrogens is 352 g/mol. The van der Waals surface area contributed by atoms with Crippen LogP contribution in [-0.2, 0) is 4.79 Å². The first-order chi connectivity index (χ1) is 13.6. The average molecular weight is 372 g/mol. The highest BCUT2D eigenvalue weighted by Gasteiger charge is 2.07. The molecule has 0 aromatic heterocycles. The largest absolute Gasteiger partial charge is 0.493 e. The lowest BCUT2D eigenvalue weighted by Crippen LogP contribution is -2.04. The fraction of sp³-hybridized carbons (Fsp3) is 0.125. The van der Waals surface area contributed by atoms with Gasteiger partial charge in [0.2, 0.25) is 0 Å². The zero-order chi connectivity index (χ0) is 19.9. The Labute approximate surface area is 164 Å². The van der Waals surface area contributed by atoms with Crippen molar-refractivity contribution in [2.45, 2.75) is 6.92 Å². The molecule has 3 rings (SSSR count). The number of methoxy groups -OCH3 is 2. The second-order valence-corrected chi connectivity index (χ2v) is 6.10. The van der Waals surface area contributed by atoms with Crippen LogP contribution in [0.25, 0.3) is 11.1 Å². The van der Waals surface area contributed by atoms with E-state index in [2.05, 4.69) is 11.8 Å². The first-order valence-corrected chi connectivity index (χ1v) is 8.72. The Kier molecular flexibility index (Phi) is 5.98. The van der Waals surface area contributed by atoms with E-state index in [1.807, 2.05) is 61.5 Å². The number of carbonyl (C=O) groups is 1. The van der Waals surface area contributed by atoms with Gasteiger partial charge in [-0.3, -0.25) is 0 Å².